The standard InChI is InChI=1S/C17H26N3O.K/c18-13-17(21)20(14-16-10-6-11-19-16)12-5-4-9-15-7-2-1-3-8-15;/h1-3,7-8,16H,4-6,9-14,18H2;/q-1;+1. The van der Waals surface area contributed by atoms with E-state index in [2.05, 4.69) is 29.6 Å². The number of amides is 1. The molecule has 2 rings (SSSR count). The van der Waals surface area contributed by atoms with E-state index in [1.807, 2.05) is 11.0 Å². The van der Waals surface area contributed by atoms with Crippen molar-refractivity contribution in [1.29, 1.82) is 0 Å². The Bertz CT molecular complexity index is 421. The Hall–Kier alpha value is 0.246. The second-order valence-electron chi connectivity index (χ2n) is 5.69. The largest absolute Gasteiger partial charge is 1.00 e. The van der Waals surface area contributed by atoms with Crippen LogP contribution in [0.1, 0.15) is 31.2 Å². The van der Waals surface area contributed by atoms with Crippen LogP contribution in [0.4, 0.5) is 0 Å². The minimum absolute atomic E-state index is 0. The molecule has 1 heterocycles. The van der Waals surface area contributed by atoms with Gasteiger partial charge in [-0.1, -0.05) is 43.2 Å². The Morgan fingerprint density at radius 3 is 2.68 bits per heavy atom. The van der Waals surface area contributed by atoms with Gasteiger partial charge >= 0.3 is 51.4 Å². The molecular formula is C17H26KN3O. The van der Waals surface area contributed by atoms with Crippen LogP contribution in [-0.2, 0) is 11.2 Å². The smallest absolute Gasteiger partial charge is 0.658 e. The quantitative estimate of drug-likeness (QED) is 0.509. The second-order valence-corrected chi connectivity index (χ2v) is 5.69. The number of benzene rings is 1. The summed E-state index contributed by atoms with van der Waals surface area (Å²) >= 11 is 0. The van der Waals surface area contributed by atoms with Crippen molar-refractivity contribution in [3.8, 4) is 0 Å². The molecule has 5 heteroatoms. The van der Waals surface area contributed by atoms with Crippen LogP contribution in [0.25, 0.3) is 5.32 Å². The maximum absolute atomic E-state index is 11.9. The van der Waals surface area contributed by atoms with Crippen LogP contribution in [0.2, 0.25) is 0 Å². The summed E-state index contributed by atoms with van der Waals surface area (Å²) in [6.45, 7) is 2.60. The van der Waals surface area contributed by atoms with Gasteiger partial charge in [0.2, 0.25) is 5.91 Å². The Morgan fingerprint density at radius 1 is 1.27 bits per heavy atom. The minimum Gasteiger partial charge on any atom is -0.658 e. The summed E-state index contributed by atoms with van der Waals surface area (Å²) < 4.78 is 0. The van der Waals surface area contributed by atoms with Gasteiger partial charge in [0, 0.05) is 13.1 Å². The van der Waals surface area contributed by atoms with E-state index in [-0.39, 0.29) is 63.8 Å². The molecular weight excluding hydrogens is 301 g/mol. The van der Waals surface area contributed by atoms with E-state index in [0.717, 1.165) is 51.7 Å². The van der Waals surface area contributed by atoms with E-state index >= 15 is 0 Å². The zero-order valence-electron chi connectivity index (χ0n) is 13.7. The van der Waals surface area contributed by atoms with Crippen molar-refractivity contribution < 1.29 is 56.2 Å². The van der Waals surface area contributed by atoms with Crippen LogP contribution in [0.3, 0.4) is 0 Å². The normalized spacial score (nSPS) is 17.0. The number of carbonyl (C=O) groups is 1. The van der Waals surface area contributed by atoms with Crippen molar-refractivity contribution in [2.24, 2.45) is 5.73 Å². The summed E-state index contributed by atoms with van der Waals surface area (Å²) in [5.74, 6) is 0.0526. The zero-order valence-corrected chi connectivity index (χ0v) is 16.8. The van der Waals surface area contributed by atoms with Crippen LogP contribution in [0.5, 0.6) is 0 Å². The second kappa shape index (κ2) is 11.7. The van der Waals surface area contributed by atoms with Crippen molar-refractivity contribution in [2.45, 2.75) is 38.1 Å². The summed E-state index contributed by atoms with van der Waals surface area (Å²) in [6, 6.07) is 10.8. The number of hydrogen-bond acceptors (Lipinski definition) is 2. The van der Waals surface area contributed by atoms with Crippen LogP contribution in [0, 0.1) is 0 Å². The van der Waals surface area contributed by atoms with Gasteiger partial charge in [0.1, 0.15) is 0 Å². The Balaban J connectivity index is 0.00000242. The number of nitrogens with two attached hydrogens (primary N) is 1. The number of carbonyl (C=O) groups excluding carboxylic acids is 1. The zero-order chi connectivity index (χ0) is 14.9. The molecule has 1 unspecified atom stereocenters. The summed E-state index contributed by atoms with van der Waals surface area (Å²) in [6.07, 6.45) is 5.45. The maximum atomic E-state index is 11.9. The summed E-state index contributed by atoms with van der Waals surface area (Å²) in [5, 5.41) is 4.53. The first-order chi connectivity index (χ1) is 10.3. The van der Waals surface area contributed by atoms with Gasteiger partial charge in [0.25, 0.3) is 0 Å². The first kappa shape index (κ1) is 20.3. The summed E-state index contributed by atoms with van der Waals surface area (Å²) in [5.41, 5.74) is 6.88. The van der Waals surface area contributed by atoms with Crippen molar-refractivity contribution in [1.82, 2.24) is 4.90 Å². The van der Waals surface area contributed by atoms with E-state index in [9.17, 15) is 4.79 Å². The SMILES string of the molecule is NCC(=O)N(CCCCc1ccccc1)CC1CCC[N-]1.[K+]. The Morgan fingerprint density at radius 2 is 2.05 bits per heavy atom. The van der Waals surface area contributed by atoms with Gasteiger partial charge in [-0.3, -0.25) is 4.79 Å². The number of aryl methyl sites for hydroxylation is 1. The molecule has 1 aromatic rings. The molecule has 116 valence electrons. The first-order valence-corrected chi connectivity index (χ1v) is 7.98. The average molecular weight is 328 g/mol. The van der Waals surface area contributed by atoms with Crippen molar-refractivity contribution in [3.05, 3.63) is 41.2 Å². The molecule has 0 spiro atoms. The molecule has 0 bridgehead atoms. The van der Waals surface area contributed by atoms with E-state index in [1.165, 1.54) is 5.56 Å². The molecule has 1 saturated heterocycles. The van der Waals surface area contributed by atoms with Crippen molar-refractivity contribution in [3.63, 3.8) is 0 Å². The molecule has 2 N–H and O–H groups in total. The first-order valence-electron chi connectivity index (χ1n) is 7.98. The fourth-order valence-corrected chi connectivity index (χ4v) is 2.82. The molecule has 1 aliphatic rings. The molecule has 1 aromatic carbocycles. The van der Waals surface area contributed by atoms with Crippen LogP contribution >= 0.6 is 0 Å². The third-order valence-corrected chi connectivity index (χ3v) is 4.03. The minimum atomic E-state index is 0. The average Bonchev–Trinajstić information content (AvgIpc) is 3.03. The van der Waals surface area contributed by atoms with Crippen LogP contribution in [-0.4, -0.2) is 43.0 Å². The maximum Gasteiger partial charge on any atom is 1.00 e. The predicted molar refractivity (Wildman–Crippen MR) is 86.3 cm³/mol. The molecule has 0 aliphatic carbocycles. The summed E-state index contributed by atoms with van der Waals surface area (Å²) in [4.78, 5) is 13.8. The van der Waals surface area contributed by atoms with Gasteiger partial charge < -0.3 is 16.0 Å². The van der Waals surface area contributed by atoms with Crippen molar-refractivity contribution >= 4 is 5.91 Å². The van der Waals surface area contributed by atoms with E-state index in [4.69, 9.17) is 5.73 Å². The number of unbranched alkanes of at least 4 members (excludes halogenated alkanes) is 1. The van der Waals surface area contributed by atoms with Crippen LogP contribution < -0.4 is 57.1 Å². The van der Waals surface area contributed by atoms with Gasteiger partial charge in [-0.2, -0.15) is 0 Å². The molecule has 1 atom stereocenters. The van der Waals surface area contributed by atoms with Gasteiger partial charge in [0.15, 0.2) is 0 Å². The molecule has 4 nitrogen and oxygen atoms in total. The fraction of sp³-hybridized carbons (Fsp3) is 0.588. The fourth-order valence-electron chi connectivity index (χ4n) is 2.82. The predicted octanol–water partition coefficient (Wildman–Crippen LogP) is -0.663. The third kappa shape index (κ3) is 7.21. The molecule has 1 aliphatic heterocycles. The molecule has 0 saturated carbocycles. The van der Waals surface area contributed by atoms with Crippen molar-refractivity contribution in [2.75, 3.05) is 26.2 Å². The van der Waals surface area contributed by atoms with Gasteiger partial charge in [-0.25, -0.2) is 0 Å². The monoisotopic (exact) mass is 327 g/mol. The van der Waals surface area contributed by atoms with E-state index < -0.39 is 0 Å². The number of hydrogen-bond donors (Lipinski definition) is 1. The van der Waals surface area contributed by atoms with Gasteiger partial charge in [-0.15, -0.1) is 12.6 Å². The number of rotatable bonds is 8. The molecule has 1 fully saturated rings. The summed E-state index contributed by atoms with van der Waals surface area (Å²) in [7, 11) is 0. The van der Waals surface area contributed by atoms with Gasteiger partial charge in [0.05, 0.1) is 6.54 Å². The van der Waals surface area contributed by atoms with Gasteiger partial charge in [-0.05, 0) is 24.8 Å². The Labute approximate surface area is 176 Å². The molecule has 22 heavy (non-hydrogen) atoms. The van der Waals surface area contributed by atoms with Crippen LogP contribution in [0.15, 0.2) is 30.3 Å². The molecule has 0 radical (unpaired) electrons. The molecule has 1 amide bonds. The van der Waals surface area contributed by atoms with E-state index in [0.29, 0.717) is 6.04 Å². The number of nitrogens with zero attached hydrogens (tertiary/aromatic N) is 2. The molecule has 0 aromatic heterocycles. The topological polar surface area (TPSA) is 60.4 Å². The third-order valence-electron chi connectivity index (χ3n) is 4.03. The van der Waals surface area contributed by atoms with E-state index in [1.54, 1.807) is 0 Å². The Kier molecular flexibility index (Phi) is 10.8.